The highest BCUT2D eigenvalue weighted by Crippen LogP contribution is 2.31. The summed E-state index contributed by atoms with van der Waals surface area (Å²) in [5.74, 6) is 0. The van der Waals surface area contributed by atoms with E-state index in [0.717, 1.165) is 5.56 Å². The second kappa shape index (κ2) is 7.28. The summed E-state index contributed by atoms with van der Waals surface area (Å²) < 4.78 is 17.6. The van der Waals surface area contributed by atoms with Crippen LogP contribution in [-0.2, 0) is 20.8 Å². The summed E-state index contributed by atoms with van der Waals surface area (Å²) in [7, 11) is 0. The van der Waals surface area contributed by atoms with Crippen molar-refractivity contribution in [3.05, 3.63) is 34.9 Å². The topological polar surface area (TPSA) is 47.9 Å². The van der Waals surface area contributed by atoms with Crippen LogP contribution in [0.4, 0.5) is 0 Å². The van der Waals surface area contributed by atoms with Gasteiger partial charge >= 0.3 is 0 Å². The quantitative estimate of drug-likeness (QED) is 0.920. The van der Waals surface area contributed by atoms with Crippen LogP contribution in [0.2, 0.25) is 5.02 Å². The Labute approximate surface area is 137 Å². The van der Waals surface area contributed by atoms with Gasteiger partial charge in [0.25, 0.3) is 0 Å². The zero-order chi connectivity index (χ0) is 16.3. The molecule has 4 atom stereocenters. The number of hydrogen-bond acceptors (Lipinski definition) is 4. The fourth-order valence-corrected chi connectivity index (χ4v) is 2.57. The number of aliphatic hydroxyl groups excluding tert-OH is 1. The summed E-state index contributed by atoms with van der Waals surface area (Å²) in [4.78, 5) is 0. The van der Waals surface area contributed by atoms with Crippen molar-refractivity contribution in [1.82, 2.24) is 0 Å². The minimum Gasteiger partial charge on any atom is -0.391 e. The van der Waals surface area contributed by atoms with Crippen LogP contribution >= 0.6 is 11.6 Å². The molecule has 0 radical (unpaired) electrons. The average molecular weight is 329 g/mol. The first-order chi connectivity index (χ1) is 10.3. The van der Waals surface area contributed by atoms with E-state index in [4.69, 9.17) is 25.8 Å². The Morgan fingerprint density at radius 1 is 1.36 bits per heavy atom. The second-order valence-corrected chi connectivity index (χ2v) is 7.22. The standard InChI is InChI=1S/C17H25ClO4/c1-11(19)15-14(10-21-16(22-15)17(2,3)4)20-9-12-7-5-6-8-13(12)18/h5-8,11,14-16,19H,9-10H2,1-4H3/t11?,14-,15-,16+/m1/s1. The van der Waals surface area contributed by atoms with Gasteiger partial charge in [0.2, 0.25) is 0 Å². The van der Waals surface area contributed by atoms with Gasteiger partial charge in [-0.25, -0.2) is 0 Å². The van der Waals surface area contributed by atoms with E-state index in [0.29, 0.717) is 18.2 Å². The maximum absolute atomic E-state index is 10.00. The fraction of sp³-hybridized carbons (Fsp3) is 0.647. The Hall–Kier alpha value is -0.650. The highest BCUT2D eigenvalue weighted by atomic mass is 35.5. The molecule has 0 aliphatic carbocycles. The van der Waals surface area contributed by atoms with Crippen molar-refractivity contribution >= 4 is 11.6 Å². The summed E-state index contributed by atoms with van der Waals surface area (Å²) in [6.07, 6.45) is -1.73. The lowest BCUT2D eigenvalue weighted by Gasteiger charge is -2.42. The second-order valence-electron chi connectivity index (χ2n) is 6.81. The number of ether oxygens (including phenoxy) is 3. The molecular weight excluding hydrogens is 304 g/mol. The minimum absolute atomic E-state index is 0.152. The van der Waals surface area contributed by atoms with Crippen molar-refractivity contribution in [1.29, 1.82) is 0 Å². The number of aliphatic hydroxyl groups is 1. The first-order valence-corrected chi connectivity index (χ1v) is 7.97. The van der Waals surface area contributed by atoms with Gasteiger partial charge in [-0.3, -0.25) is 0 Å². The molecule has 0 aromatic heterocycles. The number of hydrogen-bond donors (Lipinski definition) is 1. The predicted molar refractivity (Wildman–Crippen MR) is 85.8 cm³/mol. The molecule has 1 aromatic rings. The Balaban J connectivity index is 2.00. The number of benzene rings is 1. The van der Waals surface area contributed by atoms with E-state index < -0.39 is 12.2 Å². The van der Waals surface area contributed by atoms with Crippen LogP contribution in [0.25, 0.3) is 0 Å². The van der Waals surface area contributed by atoms with Crippen molar-refractivity contribution in [2.24, 2.45) is 5.41 Å². The maximum Gasteiger partial charge on any atom is 0.163 e. The van der Waals surface area contributed by atoms with Crippen molar-refractivity contribution in [2.75, 3.05) is 6.61 Å². The van der Waals surface area contributed by atoms with E-state index in [1.165, 1.54) is 0 Å². The highest BCUT2D eigenvalue weighted by molar-refractivity contribution is 6.31. The molecule has 4 nitrogen and oxygen atoms in total. The molecule has 1 aromatic carbocycles. The Kier molecular flexibility index (Phi) is 5.86. The normalized spacial score (nSPS) is 27.6. The molecule has 1 N–H and O–H groups in total. The van der Waals surface area contributed by atoms with Crippen LogP contribution in [0.3, 0.4) is 0 Å². The van der Waals surface area contributed by atoms with Crippen LogP contribution in [0.5, 0.6) is 0 Å². The number of rotatable bonds is 4. The monoisotopic (exact) mass is 328 g/mol. The smallest absolute Gasteiger partial charge is 0.163 e. The molecule has 1 saturated heterocycles. The minimum atomic E-state index is -0.634. The summed E-state index contributed by atoms with van der Waals surface area (Å²) in [6, 6.07) is 7.55. The summed E-state index contributed by atoms with van der Waals surface area (Å²) in [5.41, 5.74) is 0.757. The van der Waals surface area contributed by atoms with Crippen LogP contribution in [0.15, 0.2) is 24.3 Å². The van der Waals surface area contributed by atoms with Crippen molar-refractivity contribution in [3.63, 3.8) is 0 Å². The van der Waals surface area contributed by atoms with Gasteiger partial charge in [-0.05, 0) is 18.6 Å². The van der Waals surface area contributed by atoms with Crippen molar-refractivity contribution in [3.8, 4) is 0 Å². The molecular formula is C17H25ClO4. The Morgan fingerprint density at radius 2 is 2.05 bits per heavy atom. The third-order valence-corrected chi connectivity index (χ3v) is 4.02. The average Bonchev–Trinajstić information content (AvgIpc) is 2.45. The largest absolute Gasteiger partial charge is 0.391 e. The molecule has 2 rings (SSSR count). The van der Waals surface area contributed by atoms with Gasteiger partial charge in [0.15, 0.2) is 6.29 Å². The third-order valence-electron chi connectivity index (χ3n) is 3.65. The lowest BCUT2D eigenvalue weighted by atomic mass is 9.94. The summed E-state index contributed by atoms with van der Waals surface area (Å²) in [6.45, 7) is 8.59. The maximum atomic E-state index is 10.00. The molecule has 0 bridgehead atoms. The predicted octanol–water partition coefficient (Wildman–Crippen LogP) is 3.39. The Morgan fingerprint density at radius 3 is 2.64 bits per heavy atom. The van der Waals surface area contributed by atoms with Gasteiger partial charge in [0.05, 0.1) is 19.3 Å². The summed E-state index contributed by atoms with van der Waals surface area (Å²) >= 11 is 6.13. The highest BCUT2D eigenvalue weighted by Gasteiger charge is 2.40. The van der Waals surface area contributed by atoms with Crippen LogP contribution < -0.4 is 0 Å². The van der Waals surface area contributed by atoms with E-state index in [1.54, 1.807) is 6.92 Å². The zero-order valence-corrected chi connectivity index (χ0v) is 14.3. The molecule has 0 amide bonds. The van der Waals surface area contributed by atoms with Crippen molar-refractivity contribution < 1.29 is 19.3 Å². The molecule has 0 spiro atoms. The van der Waals surface area contributed by atoms with E-state index >= 15 is 0 Å². The first kappa shape index (κ1) is 17.7. The molecule has 124 valence electrons. The molecule has 1 unspecified atom stereocenters. The van der Waals surface area contributed by atoms with E-state index in [1.807, 2.05) is 45.0 Å². The lowest BCUT2D eigenvalue weighted by molar-refractivity contribution is -0.306. The zero-order valence-electron chi connectivity index (χ0n) is 13.6. The molecule has 1 fully saturated rings. The van der Waals surface area contributed by atoms with Crippen LogP contribution in [0.1, 0.15) is 33.3 Å². The first-order valence-electron chi connectivity index (χ1n) is 7.59. The van der Waals surface area contributed by atoms with Gasteiger partial charge in [-0.1, -0.05) is 50.6 Å². The van der Waals surface area contributed by atoms with Crippen LogP contribution in [0, 0.1) is 5.41 Å². The van der Waals surface area contributed by atoms with Gasteiger partial charge in [0.1, 0.15) is 12.2 Å². The molecule has 1 aliphatic rings. The Bertz CT molecular complexity index is 484. The van der Waals surface area contributed by atoms with E-state index in [9.17, 15) is 5.11 Å². The van der Waals surface area contributed by atoms with Gasteiger partial charge in [-0.15, -0.1) is 0 Å². The fourth-order valence-electron chi connectivity index (χ4n) is 2.38. The number of halogens is 1. The lowest BCUT2D eigenvalue weighted by Crippen LogP contribution is -2.53. The summed E-state index contributed by atoms with van der Waals surface area (Å²) in [5, 5.41) is 10.7. The van der Waals surface area contributed by atoms with E-state index in [2.05, 4.69) is 0 Å². The SMILES string of the molecule is CC(O)[C@H]1O[C@@H](C(C)(C)C)OC[C@H]1OCc1ccccc1Cl. The van der Waals surface area contributed by atoms with Gasteiger partial charge in [-0.2, -0.15) is 0 Å². The van der Waals surface area contributed by atoms with Crippen LogP contribution in [-0.4, -0.2) is 36.3 Å². The molecule has 5 heteroatoms. The molecule has 1 heterocycles. The van der Waals surface area contributed by atoms with E-state index in [-0.39, 0.29) is 17.8 Å². The third kappa shape index (κ3) is 4.43. The van der Waals surface area contributed by atoms with Gasteiger partial charge in [0, 0.05) is 10.4 Å². The molecule has 1 aliphatic heterocycles. The molecule has 0 saturated carbocycles. The van der Waals surface area contributed by atoms with Crippen molar-refractivity contribution in [2.45, 2.75) is 58.9 Å². The van der Waals surface area contributed by atoms with Gasteiger partial charge < -0.3 is 19.3 Å². The molecule has 22 heavy (non-hydrogen) atoms.